The molecule has 2 rings (SSSR count). The molecule has 0 bridgehead atoms. The molecule has 0 aliphatic carbocycles. The molecule has 0 saturated heterocycles. The third-order valence-electron chi connectivity index (χ3n) is 2.61. The Morgan fingerprint density at radius 2 is 1.76 bits per heavy atom. The summed E-state index contributed by atoms with van der Waals surface area (Å²) in [5.41, 5.74) is 3.55. The molecule has 0 heterocycles. The lowest BCUT2D eigenvalue weighted by molar-refractivity contribution is 0.0952. The van der Waals surface area contributed by atoms with E-state index in [0.717, 1.165) is 5.56 Å². The molecule has 0 aromatic heterocycles. The smallest absolute Gasteiger partial charge is 0.275 e. The number of phenolic OH excluding ortho intramolecular Hbond substituents is 1. The van der Waals surface area contributed by atoms with Gasteiger partial charge in [0.25, 0.3) is 5.91 Å². The minimum Gasteiger partial charge on any atom is -0.507 e. The number of carbonyl (C=O) groups is 1. The molecular formula is C16H13BrN2O2. The van der Waals surface area contributed by atoms with Gasteiger partial charge in [0.2, 0.25) is 0 Å². The van der Waals surface area contributed by atoms with Gasteiger partial charge in [-0.25, -0.2) is 5.43 Å². The van der Waals surface area contributed by atoms with Crippen LogP contribution >= 0.6 is 15.9 Å². The summed E-state index contributed by atoms with van der Waals surface area (Å²) < 4.78 is 0.714. The van der Waals surface area contributed by atoms with Crippen molar-refractivity contribution in [3.63, 3.8) is 0 Å². The van der Waals surface area contributed by atoms with E-state index in [4.69, 9.17) is 0 Å². The largest absolute Gasteiger partial charge is 0.507 e. The van der Waals surface area contributed by atoms with Gasteiger partial charge in [0.1, 0.15) is 5.75 Å². The zero-order valence-electron chi connectivity index (χ0n) is 11.0. The predicted octanol–water partition coefficient (Wildman–Crippen LogP) is 3.54. The molecule has 0 spiro atoms. The summed E-state index contributed by atoms with van der Waals surface area (Å²) in [6, 6.07) is 16.0. The number of para-hydroxylation sites is 1. The van der Waals surface area contributed by atoms with Crippen molar-refractivity contribution in [2.75, 3.05) is 0 Å². The second-order valence-corrected chi connectivity index (χ2v) is 5.07. The topological polar surface area (TPSA) is 61.7 Å². The third kappa shape index (κ3) is 4.57. The summed E-state index contributed by atoms with van der Waals surface area (Å²) in [5.74, 6) is -0.548. The highest BCUT2D eigenvalue weighted by molar-refractivity contribution is 9.12. The maximum atomic E-state index is 11.8. The minimum atomic E-state index is -0.468. The van der Waals surface area contributed by atoms with Crippen molar-refractivity contribution in [1.29, 1.82) is 0 Å². The molecule has 106 valence electrons. The number of aromatic hydroxyl groups is 1. The van der Waals surface area contributed by atoms with Crippen LogP contribution in [0.3, 0.4) is 0 Å². The van der Waals surface area contributed by atoms with E-state index < -0.39 is 5.91 Å². The molecular weight excluding hydrogens is 332 g/mol. The number of rotatable bonds is 4. The van der Waals surface area contributed by atoms with Crippen molar-refractivity contribution in [3.8, 4) is 5.75 Å². The fourth-order valence-electron chi connectivity index (χ4n) is 1.62. The first-order chi connectivity index (χ1) is 10.2. The van der Waals surface area contributed by atoms with Crippen LogP contribution in [0.25, 0.3) is 6.08 Å². The number of carbonyl (C=O) groups excluding carboxylic acids is 1. The highest BCUT2D eigenvalue weighted by Gasteiger charge is 2.08. The number of halogens is 1. The monoisotopic (exact) mass is 344 g/mol. The van der Waals surface area contributed by atoms with Gasteiger partial charge in [-0.1, -0.05) is 42.5 Å². The molecule has 0 aliphatic heterocycles. The van der Waals surface area contributed by atoms with Gasteiger partial charge in [-0.05, 0) is 39.7 Å². The second kappa shape index (κ2) is 7.40. The molecule has 0 fully saturated rings. The van der Waals surface area contributed by atoms with Crippen molar-refractivity contribution >= 4 is 34.1 Å². The van der Waals surface area contributed by atoms with Crippen LogP contribution in [0.5, 0.6) is 5.75 Å². The summed E-state index contributed by atoms with van der Waals surface area (Å²) in [7, 11) is 0. The molecule has 1 amide bonds. The molecule has 0 radical (unpaired) electrons. The highest BCUT2D eigenvalue weighted by Crippen LogP contribution is 2.15. The van der Waals surface area contributed by atoms with E-state index in [1.807, 2.05) is 36.4 Å². The van der Waals surface area contributed by atoms with Crippen LogP contribution in [0, 0.1) is 0 Å². The summed E-state index contributed by atoms with van der Waals surface area (Å²) in [6.45, 7) is 0. The lowest BCUT2D eigenvalue weighted by Gasteiger charge is -2.01. The van der Waals surface area contributed by atoms with E-state index in [1.165, 1.54) is 18.3 Å². The number of hydrazone groups is 1. The average molecular weight is 345 g/mol. The van der Waals surface area contributed by atoms with E-state index in [9.17, 15) is 9.90 Å². The molecule has 0 unspecified atom stereocenters. The number of benzene rings is 2. The Hall–Kier alpha value is -2.40. The minimum absolute atomic E-state index is 0.0795. The molecule has 21 heavy (non-hydrogen) atoms. The fourth-order valence-corrected chi connectivity index (χ4v) is 1.99. The van der Waals surface area contributed by atoms with Crippen LogP contribution < -0.4 is 5.43 Å². The molecule has 4 nitrogen and oxygen atoms in total. The van der Waals surface area contributed by atoms with Crippen molar-refractivity contribution in [2.45, 2.75) is 0 Å². The Labute approximate surface area is 130 Å². The van der Waals surface area contributed by atoms with Gasteiger partial charge >= 0.3 is 0 Å². The Morgan fingerprint density at radius 1 is 1.10 bits per heavy atom. The van der Waals surface area contributed by atoms with Crippen molar-refractivity contribution in [1.82, 2.24) is 5.43 Å². The SMILES string of the molecule is O=C(N/N=C/C(Br)=C/c1ccccc1)c1ccccc1O. The van der Waals surface area contributed by atoms with Gasteiger partial charge < -0.3 is 5.11 Å². The zero-order valence-corrected chi connectivity index (χ0v) is 12.6. The van der Waals surface area contributed by atoms with Gasteiger partial charge in [0.05, 0.1) is 11.8 Å². The summed E-state index contributed by atoms with van der Waals surface area (Å²) in [6.07, 6.45) is 3.35. The summed E-state index contributed by atoms with van der Waals surface area (Å²) in [5, 5.41) is 13.4. The van der Waals surface area contributed by atoms with Gasteiger partial charge in [0.15, 0.2) is 0 Å². The number of hydrogen-bond acceptors (Lipinski definition) is 3. The first-order valence-electron chi connectivity index (χ1n) is 6.20. The predicted molar refractivity (Wildman–Crippen MR) is 87.4 cm³/mol. The van der Waals surface area contributed by atoms with E-state index in [0.29, 0.717) is 4.48 Å². The molecule has 0 aliphatic rings. The number of phenols is 1. The van der Waals surface area contributed by atoms with Crippen LogP contribution in [0.2, 0.25) is 0 Å². The average Bonchev–Trinajstić information content (AvgIpc) is 2.48. The fraction of sp³-hybridized carbons (Fsp3) is 0. The Kier molecular flexibility index (Phi) is 5.29. The number of amides is 1. The standard InChI is InChI=1S/C16H13BrN2O2/c17-13(10-12-6-2-1-3-7-12)11-18-19-16(21)14-8-4-5-9-15(14)20/h1-11,20H,(H,19,21)/b13-10-,18-11+. The Bertz CT molecular complexity index is 682. The molecule has 0 saturated carbocycles. The van der Waals surface area contributed by atoms with Crippen molar-refractivity contribution in [2.24, 2.45) is 5.10 Å². The summed E-state index contributed by atoms with van der Waals surface area (Å²) >= 11 is 3.35. The van der Waals surface area contributed by atoms with Crippen LogP contribution in [0.4, 0.5) is 0 Å². The van der Waals surface area contributed by atoms with Crippen LogP contribution in [-0.2, 0) is 0 Å². The number of nitrogens with zero attached hydrogens (tertiary/aromatic N) is 1. The zero-order chi connectivity index (χ0) is 15.1. The second-order valence-electron chi connectivity index (χ2n) is 4.16. The lowest BCUT2D eigenvalue weighted by Crippen LogP contribution is -2.17. The quantitative estimate of drug-likeness (QED) is 0.658. The van der Waals surface area contributed by atoms with Gasteiger partial charge in [-0.2, -0.15) is 5.10 Å². The molecule has 2 aromatic rings. The van der Waals surface area contributed by atoms with Crippen LogP contribution in [-0.4, -0.2) is 17.2 Å². The maximum Gasteiger partial charge on any atom is 0.275 e. The van der Waals surface area contributed by atoms with Crippen LogP contribution in [0.1, 0.15) is 15.9 Å². The Balaban J connectivity index is 1.98. The van der Waals surface area contributed by atoms with Crippen molar-refractivity contribution in [3.05, 3.63) is 70.2 Å². The van der Waals surface area contributed by atoms with E-state index in [-0.39, 0.29) is 11.3 Å². The van der Waals surface area contributed by atoms with E-state index in [2.05, 4.69) is 26.5 Å². The molecule has 2 aromatic carbocycles. The number of allylic oxidation sites excluding steroid dienone is 1. The van der Waals surface area contributed by atoms with E-state index in [1.54, 1.807) is 12.1 Å². The van der Waals surface area contributed by atoms with Gasteiger partial charge in [-0.15, -0.1) is 0 Å². The maximum absolute atomic E-state index is 11.8. The first kappa shape index (κ1) is 15.0. The Morgan fingerprint density at radius 3 is 2.48 bits per heavy atom. The van der Waals surface area contributed by atoms with Gasteiger partial charge in [-0.3, -0.25) is 4.79 Å². The normalized spacial score (nSPS) is 11.6. The third-order valence-corrected chi connectivity index (χ3v) is 3.04. The molecule has 0 atom stereocenters. The number of hydrogen-bond donors (Lipinski definition) is 2. The van der Waals surface area contributed by atoms with Gasteiger partial charge in [0, 0.05) is 4.48 Å². The van der Waals surface area contributed by atoms with Crippen LogP contribution in [0.15, 0.2) is 64.2 Å². The first-order valence-corrected chi connectivity index (χ1v) is 7.00. The van der Waals surface area contributed by atoms with Crippen molar-refractivity contribution < 1.29 is 9.90 Å². The van der Waals surface area contributed by atoms with E-state index >= 15 is 0 Å². The highest BCUT2D eigenvalue weighted by atomic mass is 79.9. The number of nitrogens with one attached hydrogen (secondary N) is 1. The summed E-state index contributed by atoms with van der Waals surface area (Å²) in [4.78, 5) is 11.8. The molecule has 5 heteroatoms. The lowest BCUT2D eigenvalue weighted by atomic mass is 10.2. The molecule has 2 N–H and O–H groups in total.